The molecular weight excluding hydrogens is 308 g/mol. The van der Waals surface area contributed by atoms with Crippen molar-refractivity contribution in [3.8, 4) is 0 Å². The predicted octanol–water partition coefficient (Wildman–Crippen LogP) is 4.35. The molecule has 1 aliphatic heterocycles. The van der Waals surface area contributed by atoms with Gasteiger partial charge in [0.25, 0.3) is 0 Å². The van der Waals surface area contributed by atoms with Crippen LogP contribution in [0.4, 0.5) is 0 Å². The molecule has 0 aliphatic carbocycles. The Balaban J connectivity index is 2.10. The highest BCUT2D eigenvalue weighted by molar-refractivity contribution is 9.12. The van der Waals surface area contributed by atoms with Crippen molar-refractivity contribution in [2.24, 2.45) is 0 Å². The van der Waals surface area contributed by atoms with Crippen molar-refractivity contribution in [3.05, 3.63) is 10.1 Å². The maximum absolute atomic E-state index is 11.2. The SMILES string of the molecule is CC(CCCCCC1=C(Br)C(=O)OC1)OC(C)(C)C. The molecule has 110 valence electrons. The van der Waals surface area contributed by atoms with Gasteiger partial charge in [0.15, 0.2) is 0 Å². The summed E-state index contributed by atoms with van der Waals surface area (Å²) >= 11 is 3.28. The fourth-order valence-corrected chi connectivity index (χ4v) is 2.64. The van der Waals surface area contributed by atoms with E-state index >= 15 is 0 Å². The Morgan fingerprint density at radius 2 is 2.00 bits per heavy atom. The van der Waals surface area contributed by atoms with Gasteiger partial charge in [-0.05, 0) is 68.5 Å². The molecule has 0 saturated heterocycles. The van der Waals surface area contributed by atoms with E-state index in [1.165, 1.54) is 0 Å². The molecule has 1 heterocycles. The van der Waals surface area contributed by atoms with Gasteiger partial charge < -0.3 is 9.47 Å². The second-order valence-electron chi connectivity index (χ2n) is 6.13. The molecule has 4 heteroatoms. The molecule has 1 atom stereocenters. The molecule has 0 aromatic heterocycles. The zero-order valence-corrected chi connectivity index (χ0v) is 14.0. The second-order valence-corrected chi connectivity index (χ2v) is 6.93. The monoisotopic (exact) mass is 332 g/mol. The fourth-order valence-electron chi connectivity index (χ4n) is 2.22. The molecule has 0 fully saturated rings. The van der Waals surface area contributed by atoms with Crippen LogP contribution in [0, 0.1) is 0 Å². The van der Waals surface area contributed by atoms with Crippen molar-refractivity contribution in [3.63, 3.8) is 0 Å². The Morgan fingerprint density at radius 1 is 1.32 bits per heavy atom. The standard InChI is InChI=1S/C15H25BrO3/c1-11(19-15(2,3)4)8-6-5-7-9-12-10-18-14(17)13(12)16/h11H,5-10H2,1-4H3. The summed E-state index contributed by atoms with van der Waals surface area (Å²) in [4.78, 5) is 11.2. The summed E-state index contributed by atoms with van der Waals surface area (Å²) in [5.41, 5.74) is 1.04. The van der Waals surface area contributed by atoms with Gasteiger partial charge in [-0.1, -0.05) is 12.8 Å². The maximum atomic E-state index is 11.2. The van der Waals surface area contributed by atoms with Crippen LogP contribution in [0.2, 0.25) is 0 Å². The van der Waals surface area contributed by atoms with Crippen LogP contribution in [-0.2, 0) is 14.3 Å². The van der Waals surface area contributed by atoms with E-state index in [4.69, 9.17) is 9.47 Å². The first-order valence-corrected chi connectivity index (χ1v) is 7.81. The molecule has 0 bridgehead atoms. The lowest BCUT2D eigenvalue weighted by Crippen LogP contribution is -2.25. The van der Waals surface area contributed by atoms with Gasteiger partial charge in [-0.15, -0.1) is 0 Å². The fraction of sp³-hybridized carbons (Fsp3) is 0.800. The van der Waals surface area contributed by atoms with Crippen molar-refractivity contribution in [2.45, 2.75) is 71.5 Å². The van der Waals surface area contributed by atoms with Crippen molar-refractivity contribution in [1.29, 1.82) is 0 Å². The molecule has 1 aliphatic rings. The number of carbonyl (C=O) groups is 1. The molecule has 0 N–H and O–H groups in total. The highest BCUT2D eigenvalue weighted by atomic mass is 79.9. The minimum atomic E-state index is -0.220. The maximum Gasteiger partial charge on any atom is 0.345 e. The highest BCUT2D eigenvalue weighted by Crippen LogP contribution is 2.25. The zero-order valence-electron chi connectivity index (χ0n) is 12.4. The lowest BCUT2D eigenvalue weighted by Gasteiger charge is -2.25. The topological polar surface area (TPSA) is 35.5 Å². The Bertz CT molecular complexity index is 342. The van der Waals surface area contributed by atoms with E-state index in [-0.39, 0.29) is 11.6 Å². The Morgan fingerprint density at radius 3 is 2.53 bits per heavy atom. The van der Waals surface area contributed by atoms with E-state index in [0.29, 0.717) is 17.2 Å². The molecule has 3 nitrogen and oxygen atoms in total. The van der Waals surface area contributed by atoms with E-state index < -0.39 is 0 Å². The lowest BCUT2D eigenvalue weighted by atomic mass is 10.1. The number of carbonyl (C=O) groups excluding carboxylic acids is 1. The van der Waals surface area contributed by atoms with E-state index in [9.17, 15) is 4.79 Å². The van der Waals surface area contributed by atoms with Crippen LogP contribution >= 0.6 is 15.9 Å². The number of hydrogen-bond donors (Lipinski definition) is 0. The minimum Gasteiger partial charge on any atom is -0.457 e. The van der Waals surface area contributed by atoms with Crippen LogP contribution in [0.25, 0.3) is 0 Å². The Labute approximate surface area is 124 Å². The summed E-state index contributed by atoms with van der Waals surface area (Å²) in [6.45, 7) is 8.86. The van der Waals surface area contributed by atoms with Crippen molar-refractivity contribution >= 4 is 21.9 Å². The first-order valence-electron chi connectivity index (χ1n) is 7.02. The van der Waals surface area contributed by atoms with Gasteiger partial charge >= 0.3 is 5.97 Å². The predicted molar refractivity (Wildman–Crippen MR) is 80.3 cm³/mol. The summed E-state index contributed by atoms with van der Waals surface area (Å²) in [5.74, 6) is -0.220. The van der Waals surface area contributed by atoms with Crippen LogP contribution < -0.4 is 0 Å². The van der Waals surface area contributed by atoms with Gasteiger partial charge in [0.1, 0.15) is 11.1 Å². The quantitative estimate of drug-likeness (QED) is 0.513. The van der Waals surface area contributed by atoms with E-state index in [1.54, 1.807) is 0 Å². The average molecular weight is 333 g/mol. The van der Waals surface area contributed by atoms with Gasteiger partial charge in [0.05, 0.1) is 11.7 Å². The number of cyclic esters (lactones) is 1. The lowest BCUT2D eigenvalue weighted by molar-refractivity contribution is -0.135. The molecule has 0 radical (unpaired) electrons. The van der Waals surface area contributed by atoms with Crippen LogP contribution in [0.1, 0.15) is 59.8 Å². The molecule has 0 spiro atoms. The third-order valence-corrected chi connectivity index (χ3v) is 3.90. The number of ether oxygens (including phenoxy) is 2. The third-order valence-electron chi connectivity index (χ3n) is 3.01. The normalized spacial score (nSPS) is 17.8. The van der Waals surface area contributed by atoms with E-state index in [0.717, 1.165) is 37.7 Å². The summed E-state index contributed by atoms with van der Waals surface area (Å²) in [6.07, 6.45) is 5.77. The zero-order chi connectivity index (χ0) is 14.5. The van der Waals surface area contributed by atoms with Gasteiger partial charge in [0, 0.05) is 0 Å². The van der Waals surface area contributed by atoms with Gasteiger partial charge in [0.2, 0.25) is 0 Å². The van der Waals surface area contributed by atoms with Crippen LogP contribution in [0.5, 0.6) is 0 Å². The highest BCUT2D eigenvalue weighted by Gasteiger charge is 2.21. The molecule has 0 amide bonds. The van der Waals surface area contributed by atoms with E-state index in [1.807, 2.05) is 0 Å². The molecule has 19 heavy (non-hydrogen) atoms. The summed E-state index contributed by atoms with van der Waals surface area (Å²) in [7, 11) is 0. The number of halogens is 1. The number of hydrogen-bond acceptors (Lipinski definition) is 3. The molecule has 0 aromatic carbocycles. The molecular formula is C15H25BrO3. The van der Waals surface area contributed by atoms with Crippen LogP contribution in [-0.4, -0.2) is 24.3 Å². The van der Waals surface area contributed by atoms with Crippen molar-refractivity contribution < 1.29 is 14.3 Å². The molecule has 1 unspecified atom stereocenters. The summed E-state index contributed by atoms with van der Waals surface area (Å²) < 4.78 is 11.5. The molecule has 0 aromatic rings. The first-order chi connectivity index (χ1) is 8.79. The van der Waals surface area contributed by atoms with E-state index in [2.05, 4.69) is 43.6 Å². The smallest absolute Gasteiger partial charge is 0.345 e. The van der Waals surface area contributed by atoms with Gasteiger partial charge in [-0.2, -0.15) is 0 Å². The average Bonchev–Trinajstić information content (AvgIpc) is 2.58. The summed E-state index contributed by atoms with van der Waals surface area (Å²) in [6, 6.07) is 0. The second kappa shape index (κ2) is 7.44. The van der Waals surface area contributed by atoms with Crippen LogP contribution in [0.3, 0.4) is 0 Å². The Kier molecular flexibility index (Phi) is 6.54. The number of rotatable bonds is 7. The number of esters is 1. The van der Waals surface area contributed by atoms with Crippen molar-refractivity contribution in [2.75, 3.05) is 6.61 Å². The molecule has 0 saturated carbocycles. The third kappa shape index (κ3) is 6.57. The van der Waals surface area contributed by atoms with Crippen LogP contribution in [0.15, 0.2) is 10.1 Å². The van der Waals surface area contributed by atoms with Gasteiger partial charge in [-0.25, -0.2) is 4.79 Å². The summed E-state index contributed by atoms with van der Waals surface area (Å²) in [5, 5.41) is 0. The van der Waals surface area contributed by atoms with Crippen molar-refractivity contribution in [1.82, 2.24) is 0 Å². The van der Waals surface area contributed by atoms with Gasteiger partial charge in [-0.3, -0.25) is 0 Å². The molecule has 1 rings (SSSR count). The largest absolute Gasteiger partial charge is 0.457 e. The first kappa shape index (κ1) is 16.7. The Hall–Kier alpha value is -0.350. The minimum absolute atomic E-state index is 0.0589. The number of unbranched alkanes of at least 4 members (excludes halogenated alkanes) is 2.